The van der Waals surface area contributed by atoms with Crippen LogP contribution in [0.4, 0.5) is 10.1 Å². The van der Waals surface area contributed by atoms with Crippen LogP contribution in [0, 0.1) is 5.82 Å². The van der Waals surface area contributed by atoms with E-state index in [9.17, 15) is 13.4 Å². The van der Waals surface area contributed by atoms with Gasteiger partial charge >= 0.3 is 0 Å². The van der Waals surface area contributed by atoms with Crippen LogP contribution in [0.15, 0.2) is 46.9 Å². The molecule has 0 aromatic heterocycles. The highest BCUT2D eigenvalue weighted by atomic mass is 79.9. The first kappa shape index (κ1) is 19.2. The maximum Gasteiger partial charge on any atom is 0.255 e. The van der Waals surface area contributed by atoms with Crippen molar-refractivity contribution in [1.29, 1.82) is 0 Å². The third-order valence-electron chi connectivity index (χ3n) is 4.16. The molecule has 26 heavy (non-hydrogen) atoms. The normalized spacial score (nSPS) is 16.2. The topological polar surface area (TPSA) is 55.4 Å². The summed E-state index contributed by atoms with van der Waals surface area (Å²) < 4.78 is 31.8. The van der Waals surface area contributed by atoms with Crippen molar-refractivity contribution in [2.24, 2.45) is 0 Å². The lowest BCUT2D eigenvalue weighted by Crippen LogP contribution is -2.25. The molecule has 4 nitrogen and oxygen atoms in total. The number of halogens is 2. The zero-order chi connectivity index (χ0) is 18.5. The van der Waals surface area contributed by atoms with Crippen molar-refractivity contribution >= 4 is 38.3 Å². The molecule has 3 rings (SSSR count). The van der Waals surface area contributed by atoms with Crippen LogP contribution in [0.2, 0.25) is 0 Å². The lowest BCUT2D eigenvalue weighted by Gasteiger charge is -2.21. The molecule has 0 aliphatic carbocycles. The van der Waals surface area contributed by atoms with Crippen LogP contribution in [0.5, 0.6) is 0 Å². The summed E-state index contributed by atoms with van der Waals surface area (Å²) in [7, 11) is -0.969. The maximum absolute atomic E-state index is 13.5. The van der Waals surface area contributed by atoms with Gasteiger partial charge in [-0.15, -0.1) is 0 Å². The molecule has 1 amide bonds. The molecular weight excluding hydrogens is 421 g/mol. The number of nitrogens with one attached hydrogen (secondary N) is 1. The molecule has 1 atom stereocenters. The number of amides is 1. The third-order valence-corrected chi connectivity index (χ3v) is 6.45. The van der Waals surface area contributed by atoms with Gasteiger partial charge in [-0.3, -0.25) is 9.00 Å². The lowest BCUT2D eigenvalue weighted by molar-refractivity contribution is 0.0991. The molecule has 138 valence electrons. The molecule has 1 N–H and O–H groups in total. The molecule has 1 aliphatic heterocycles. The number of carbonyl (C=O) groups is 1. The minimum atomic E-state index is -0.969. The van der Waals surface area contributed by atoms with Gasteiger partial charge in [0.25, 0.3) is 5.91 Å². The monoisotopic (exact) mass is 439 g/mol. The summed E-state index contributed by atoms with van der Waals surface area (Å²) in [5.41, 5.74) is 1.72. The molecule has 1 saturated heterocycles. The Hall–Kier alpha value is -1.57. The van der Waals surface area contributed by atoms with E-state index in [0.717, 1.165) is 18.4 Å². The molecule has 1 fully saturated rings. The lowest BCUT2D eigenvalue weighted by atomic mass is 10.2. The van der Waals surface area contributed by atoms with Crippen molar-refractivity contribution in [3.05, 3.63) is 63.9 Å². The molecule has 7 heteroatoms. The van der Waals surface area contributed by atoms with Crippen LogP contribution in [0.1, 0.15) is 28.8 Å². The fourth-order valence-corrected chi connectivity index (χ4v) is 4.78. The fourth-order valence-electron chi connectivity index (χ4n) is 2.85. The van der Waals surface area contributed by atoms with E-state index in [1.165, 1.54) is 12.1 Å². The van der Waals surface area contributed by atoms with E-state index in [1.54, 1.807) is 12.1 Å². The summed E-state index contributed by atoms with van der Waals surface area (Å²) in [6.45, 7) is 1.32. The molecule has 0 spiro atoms. The van der Waals surface area contributed by atoms with Crippen LogP contribution in [0.3, 0.4) is 0 Å². The van der Waals surface area contributed by atoms with Gasteiger partial charge in [-0.2, -0.15) is 0 Å². The van der Waals surface area contributed by atoms with Gasteiger partial charge < -0.3 is 10.1 Å². The van der Waals surface area contributed by atoms with Crippen molar-refractivity contribution in [3.63, 3.8) is 0 Å². The van der Waals surface area contributed by atoms with Crippen LogP contribution in [-0.2, 0) is 21.3 Å². The molecule has 1 unspecified atom stereocenters. The van der Waals surface area contributed by atoms with Gasteiger partial charge in [-0.1, -0.05) is 28.1 Å². The highest BCUT2D eigenvalue weighted by Crippen LogP contribution is 2.20. The minimum absolute atomic E-state index is 0.159. The smallest absolute Gasteiger partial charge is 0.255 e. The predicted octanol–water partition coefficient (Wildman–Crippen LogP) is 4.27. The molecule has 1 aliphatic rings. The minimum Gasteiger partial charge on any atom is -0.381 e. The van der Waals surface area contributed by atoms with Gasteiger partial charge in [-0.05, 0) is 48.7 Å². The third kappa shape index (κ3) is 5.22. The average Bonchev–Trinajstić information content (AvgIpc) is 2.62. The molecule has 0 bridgehead atoms. The average molecular weight is 440 g/mol. The quantitative estimate of drug-likeness (QED) is 0.756. The zero-order valence-electron chi connectivity index (χ0n) is 14.0. The van der Waals surface area contributed by atoms with Crippen LogP contribution in [0.25, 0.3) is 0 Å². The van der Waals surface area contributed by atoms with Gasteiger partial charge in [0, 0.05) is 50.7 Å². The number of benzene rings is 2. The number of hydrogen-bond donors (Lipinski definition) is 1. The van der Waals surface area contributed by atoms with E-state index in [0.29, 0.717) is 29.1 Å². The Morgan fingerprint density at radius 3 is 2.73 bits per heavy atom. The summed E-state index contributed by atoms with van der Waals surface area (Å²) in [5, 5.41) is 2.92. The van der Waals surface area contributed by atoms with E-state index < -0.39 is 22.5 Å². The van der Waals surface area contributed by atoms with E-state index >= 15 is 0 Å². The number of hydrogen-bond acceptors (Lipinski definition) is 3. The SMILES string of the molecule is O=C(Nc1cccc(CS(=O)C2CCOCC2)c1)c1cc(F)cc(Br)c1. The Balaban J connectivity index is 1.66. The van der Waals surface area contributed by atoms with Crippen LogP contribution >= 0.6 is 15.9 Å². The van der Waals surface area contributed by atoms with Gasteiger partial charge in [0.1, 0.15) is 5.82 Å². The van der Waals surface area contributed by atoms with Crippen molar-refractivity contribution in [3.8, 4) is 0 Å². The van der Waals surface area contributed by atoms with E-state index in [1.807, 2.05) is 18.2 Å². The van der Waals surface area contributed by atoms with Gasteiger partial charge in [0.15, 0.2) is 0 Å². The number of rotatable bonds is 5. The van der Waals surface area contributed by atoms with E-state index in [4.69, 9.17) is 4.74 Å². The van der Waals surface area contributed by atoms with Crippen LogP contribution in [-0.4, -0.2) is 28.6 Å². The Bertz CT molecular complexity index is 804. The predicted molar refractivity (Wildman–Crippen MR) is 104 cm³/mol. The number of carbonyl (C=O) groups excluding carboxylic acids is 1. The fraction of sp³-hybridized carbons (Fsp3) is 0.316. The second-order valence-corrected chi connectivity index (χ2v) is 8.78. The maximum atomic E-state index is 13.5. The molecular formula is C19H19BrFNO3S. The molecule has 2 aromatic carbocycles. The molecule has 0 saturated carbocycles. The second kappa shape index (κ2) is 8.88. The summed E-state index contributed by atoms with van der Waals surface area (Å²) in [6, 6.07) is 11.3. The van der Waals surface area contributed by atoms with Crippen molar-refractivity contribution in [2.45, 2.75) is 23.8 Å². The van der Waals surface area contributed by atoms with Crippen molar-refractivity contribution in [1.82, 2.24) is 0 Å². The second-order valence-electron chi connectivity index (χ2n) is 6.15. The first-order valence-electron chi connectivity index (χ1n) is 8.32. The van der Waals surface area contributed by atoms with E-state index in [-0.39, 0.29) is 10.8 Å². The van der Waals surface area contributed by atoms with Crippen molar-refractivity contribution < 1.29 is 18.1 Å². The summed E-state index contributed by atoms with van der Waals surface area (Å²) in [5.74, 6) is -0.432. The Morgan fingerprint density at radius 1 is 1.23 bits per heavy atom. The molecule has 1 heterocycles. The van der Waals surface area contributed by atoms with E-state index in [2.05, 4.69) is 21.2 Å². The first-order valence-corrected chi connectivity index (χ1v) is 10.5. The van der Waals surface area contributed by atoms with Crippen molar-refractivity contribution in [2.75, 3.05) is 18.5 Å². The molecule has 2 aromatic rings. The largest absolute Gasteiger partial charge is 0.381 e. The van der Waals surface area contributed by atoms with Gasteiger partial charge in [0.2, 0.25) is 0 Å². The Morgan fingerprint density at radius 2 is 2.00 bits per heavy atom. The summed E-state index contributed by atoms with van der Waals surface area (Å²) in [6.07, 6.45) is 1.63. The van der Waals surface area contributed by atoms with Crippen LogP contribution < -0.4 is 5.32 Å². The zero-order valence-corrected chi connectivity index (χ0v) is 16.4. The highest BCUT2D eigenvalue weighted by Gasteiger charge is 2.20. The van der Waals surface area contributed by atoms with Gasteiger partial charge in [0.05, 0.1) is 0 Å². The molecule has 0 radical (unpaired) electrons. The summed E-state index contributed by atoms with van der Waals surface area (Å²) in [4.78, 5) is 12.3. The first-order chi connectivity index (χ1) is 12.5. The van der Waals surface area contributed by atoms with Gasteiger partial charge in [-0.25, -0.2) is 4.39 Å². The number of ether oxygens (including phenoxy) is 1. The highest BCUT2D eigenvalue weighted by molar-refractivity contribution is 9.10. The number of anilines is 1. The Kier molecular flexibility index (Phi) is 6.56. The Labute approximate surface area is 162 Å². The standard InChI is InChI=1S/C19H19BrFNO3S/c20-15-9-14(10-16(21)11-15)19(23)22-17-3-1-2-13(8-17)12-26(24)18-4-6-25-7-5-18/h1-3,8-11,18H,4-7,12H2,(H,22,23). The summed E-state index contributed by atoms with van der Waals surface area (Å²) >= 11 is 3.18.